The van der Waals surface area contributed by atoms with Crippen molar-refractivity contribution in [3.63, 3.8) is 0 Å². The van der Waals surface area contributed by atoms with Gasteiger partial charge in [0, 0.05) is 12.3 Å². The summed E-state index contributed by atoms with van der Waals surface area (Å²) in [4.78, 5) is 4.06. The largest absolute Gasteiger partial charge is 0.475 e. The van der Waals surface area contributed by atoms with Crippen molar-refractivity contribution in [3.8, 4) is 5.88 Å². The van der Waals surface area contributed by atoms with Gasteiger partial charge in [0.15, 0.2) is 0 Å². The Hall–Kier alpha value is -1.09. The van der Waals surface area contributed by atoms with Gasteiger partial charge in [-0.3, -0.25) is 0 Å². The minimum Gasteiger partial charge on any atom is -0.475 e. The van der Waals surface area contributed by atoms with Gasteiger partial charge in [-0.25, -0.2) is 4.98 Å². The van der Waals surface area contributed by atoms with Gasteiger partial charge in [0.05, 0.1) is 6.61 Å². The Morgan fingerprint density at radius 3 is 2.71 bits per heavy atom. The molecule has 0 saturated heterocycles. The average Bonchev–Trinajstić information content (AvgIpc) is 2.14. The molecule has 1 N–H and O–H groups in total. The number of hydrogen-bond acceptors (Lipinski definition) is 3. The maximum Gasteiger partial charge on any atom is 0.213 e. The van der Waals surface area contributed by atoms with Crippen LogP contribution in [0.1, 0.15) is 26.3 Å². The van der Waals surface area contributed by atoms with Crippen LogP contribution in [0.5, 0.6) is 5.88 Å². The normalized spacial score (nSPS) is 11.4. The van der Waals surface area contributed by atoms with Crippen LogP contribution in [-0.2, 0) is 5.41 Å². The van der Waals surface area contributed by atoms with Crippen LogP contribution in [0.2, 0.25) is 0 Å². The summed E-state index contributed by atoms with van der Waals surface area (Å²) in [5, 5.41) is 8.60. The lowest BCUT2D eigenvalue weighted by molar-refractivity contribution is 0.196. The second kappa shape index (κ2) is 4.42. The number of aliphatic hydroxyl groups excluding tert-OH is 1. The number of nitrogens with zero attached hydrogens (tertiary/aromatic N) is 1. The molecule has 0 atom stereocenters. The zero-order valence-electron chi connectivity index (χ0n) is 8.95. The number of rotatable bonds is 3. The summed E-state index contributed by atoms with van der Waals surface area (Å²) in [6, 6.07) is 3.89. The molecule has 0 bridgehead atoms. The topological polar surface area (TPSA) is 42.4 Å². The van der Waals surface area contributed by atoms with E-state index < -0.39 is 0 Å². The Bertz CT molecular complexity index is 292. The number of hydrogen-bond donors (Lipinski definition) is 1. The van der Waals surface area contributed by atoms with E-state index in [0.717, 1.165) is 0 Å². The molecule has 1 aromatic heterocycles. The van der Waals surface area contributed by atoms with Crippen LogP contribution in [0, 0.1) is 0 Å². The van der Waals surface area contributed by atoms with Crippen molar-refractivity contribution in [1.82, 2.24) is 4.98 Å². The summed E-state index contributed by atoms with van der Waals surface area (Å²) in [6.07, 6.45) is 1.73. The van der Waals surface area contributed by atoms with E-state index in [1.165, 1.54) is 5.56 Å². The molecule has 1 heterocycles. The minimum absolute atomic E-state index is 0.0153. The van der Waals surface area contributed by atoms with E-state index in [-0.39, 0.29) is 12.0 Å². The van der Waals surface area contributed by atoms with Crippen LogP contribution in [0.25, 0.3) is 0 Å². The van der Waals surface area contributed by atoms with E-state index in [4.69, 9.17) is 9.84 Å². The molecule has 0 amide bonds. The molecule has 0 unspecified atom stereocenters. The van der Waals surface area contributed by atoms with Crippen molar-refractivity contribution < 1.29 is 9.84 Å². The first-order valence-corrected chi connectivity index (χ1v) is 4.74. The number of aromatic nitrogens is 1. The van der Waals surface area contributed by atoms with Crippen molar-refractivity contribution in [2.75, 3.05) is 13.2 Å². The summed E-state index contributed by atoms with van der Waals surface area (Å²) >= 11 is 0. The predicted molar refractivity (Wildman–Crippen MR) is 55.5 cm³/mol. The van der Waals surface area contributed by atoms with Gasteiger partial charge in [0.25, 0.3) is 0 Å². The molecule has 3 nitrogen and oxygen atoms in total. The molecule has 3 heteroatoms. The van der Waals surface area contributed by atoms with Gasteiger partial charge in [-0.05, 0) is 17.0 Å². The lowest BCUT2D eigenvalue weighted by Crippen LogP contribution is -2.12. The highest BCUT2D eigenvalue weighted by Gasteiger charge is 2.14. The van der Waals surface area contributed by atoms with Gasteiger partial charge in [0.1, 0.15) is 6.61 Å². The summed E-state index contributed by atoms with van der Waals surface area (Å²) in [5.41, 5.74) is 1.28. The molecular formula is C11H17NO2. The molecule has 0 aliphatic heterocycles. The molecule has 0 aliphatic rings. The highest BCUT2D eigenvalue weighted by atomic mass is 16.5. The molecule has 0 aliphatic carbocycles. The van der Waals surface area contributed by atoms with Crippen molar-refractivity contribution in [2.45, 2.75) is 26.2 Å². The van der Waals surface area contributed by atoms with E-state index in [1.54, 1.807) is 6.20 Å². The first kappa shape index (κ1) is 11.0. The molecule has 0 radical (unpaired) electrons. The quantitative estimate of drug-likeness (QED) is 0.799. The van der Waals surface area contributed by atoms with Crippen LogP contribution < -0.4 is 4.74 Å². The maximum absolute atomic E-state index is 8.60. The van der Waals surface area contributed by atoms with E-state index >= 15 is 0 Å². The molecule has 1 rings (SSSR count). The monoisotopic (exact) mass is 195 g/mol. The predicted octanol–water partition coefficient (Wildman–Crippen LogP) is 1.75. The third-order valence-electron chi connectivity index (χ3n) is 1.94. The number of aliphatic hydroxyl groups is 1. The third-order valence-corrected chi connectivity index (χ3v) is 1.94. The van der Waals surface area contributed by atoms with Crippen molar-refractivity contribution in [1.29, 1.82) is 0 Å². The first-order valence-electron chi connectivity index (χ1n) is 4.74. The summed E-state index contributed by atoms with van der Waals surface area (Å²) in [5.74, 6) is 0.575. The van der Waals surface area contributed by atoms with Gasteiger partial charge in [0.2, 0.25) is 5.88 Å². The molecule has 78 valence electrons. The summed E-state index contributed by atoms with van der Waals surface area (Å²) in [6.45, 7) is 6.72. The smallest absolute Gasteiger partial charge is 0.213 e. The molecular weight excluding hydrogens is 178 g/mol. The highest BCUT2D eigenvalue weighted by molar-refractivity contribution is 5.26. The first-order chi connectivity index (χ1) is 6.54. The maximum atomic E-state index is 8.60. The fraction of sp³-hybridized carbons (Fsp3) is 0.545. The number of pyridine rings is 1. The SMILES string of the molecule is CC(C)(C)c1ccnc(OCCO)c1. The Balaban J connectivity index is 2.79. The van der Waals surface area contributed by atoms with E-state index in [9.17, 15) is 0 Å². The lowest BCUT2D eigenvalue weighted by atomic mass is 9.88. The number of ether oxygens (including phenoxy) is 1. The van der Waals surface area contributed by atoms with Gasteiger partial charge in [-0.2, -0.15) is 0 Å². The Labute approximate surface area is 84.7 Å². The lowest BCUT2D eigenvalue weighted by Gasteiger charge is -2.19. The van der Waals surface area contributed by atoms with Crippen LogP contribution in [0.4, 0.5) is 0 Å². The minimum atomic E-state index is 0.0153. The van der Waals surface area contributed by atoms with Gasteiger partial charge < -0.3 is 9.84 Å². The summed E-state index contributed by atoms with van der Waals surface area (Å²) < 4.78 is 5.23. The molecule has 14 heavy (non-hydrogen) atoms. The van der Waals surface area contributed by atoms with Gasteiger partial charge in [-0.1, -0.05) is 20.8 Å². The van der Waals surface area contributed by atoms with Crippen LogP contribution in [-0.4, -0.2) is 23.3 Å². The Morgan fingerprint density at radius 1 is 1.43 bits per heavy atom. The molecule has 0 spiro atoms. The summed E-state index contributed by atoms with van der Waals surface area (Å²) in [7, 11) is 0. The fourth-order valence-electron chi connectivity index (χ4n) is 1.11. The van der Waals surface area contributed by atoms with Crippen molar-refractivity contribution in [2.24, 2.45) is 0 Å². The van der Waals surface area contributed by atoms with Gasteiger partial charge in [-0.15, -0.1) is 0 Å². The zero-order chi connectivity index (χ0) is 10.6. The Morgan fingerprint density at radius 2 is 2.14 bits per heavy atom. The van der Waals surface area contributed by atoms with E-state index in [2.05, 4.69) is 25.8 Å². The fourth-order valence-corrected chi connectivity index (χ4v) is 1.11. The molecule has 0 saturated carbocycles. The molecule has 0 fully saturated rings. The van der Waals surface area contributed by atoms with Crippen molar-refractivity contribution in [3.05, 3.63) is 23.9 Å². The standard InChI is InChI=1S/C11H17NO2/c1-11(2,3)9-4-5-12-10(8-9)14-7-6-13/h4-5,8,13H,6-7H2,1-3H3. The van der Waals surface area contributed by atoms with E-state index in [0.29, 0.717) is 12.5 Å². The average molecular weight is 195 g/mol. The van der Waals surface area contributed by atoms with Crippen LogP contribution >= 0.6 is 0 Å². The van der Waals surface area contributed by atoms with Crippen molar-refractivity contribution >= 4 is 0 Å². The zero-order valence-corrected chi connectivity index (χ0v) is 8.95. The highest BCUT2D eigenvalue weighted by Crippen LogP contribution is 2.23. The third kappa shape index (κ3) is 3.00. The van der Waals surface area contributed by atoms with Gasteiger partial charge >= 0.3 is 0 Å². The molecule has 0 aromatic carbocycles. The van der Waals surface area contributed by atoms with Crippen LogP contribution in [0.15, 0.2) is 18.3 Å². The second-order valence-electron chi connectivity index (χ2n) is 4.20. The van der Waals surface area contributed by atoms with E-state index in [1.807, 2.05) is 12.1 Å². The second-order valence-corrected chi connectivity index (χ2v) is 4.20. The molecule has 1 aromatic rings. The Kier molecular flexibility index (Phi) is 3.47. The van der Waals surface area contributed by atoms with Crippen LogP contribution in [0.3, 0.4) is 0 Å².